The zero-order valence-corrected chi connectivity index (χ0v) is 11.7. The van der Waals surface area contributed by atoms with Gasteiger partial charge in [0.2, 0.25) is 0 Å². The Morgan fingerprint density at radius 2 is 1.95 bits per heavy atom. The van der Waals surface area contributed by atoms with E-state index in [0.717, 1.165) is 10.6 Å². The Labute approximate surface area is 114 Å². The maximum atomic E-state index is 14.1. The van der Waals surface area contributed by atoms with Gasteiger partial charge in [0, 0.05) is 17.1 Å². The smallest absolute Gasteiger partial charge is 0.418 e. The van der Waals surface area contributed by atoms with Crippen molar-refractivity contribution < 1.29 is 23.0 Å². The number of ether oxygens (including phenoxy) is 2. The van der Waals surface area contributed by atoms with Crippen molar-refractivity contribution in [3.8, 4) is 5.75 Å². The summed E-state index contributed by atoms with van der Waals surface area (Å²) < 4.78 is 38.8. The van der Waals surface area contributed by atoms with Crippen molar-refractivity contribution >= 4 is 17.0 Å². The minimum atomic E-state index is -0.866. The Kier molecular flexibility index (Phi) is 3.65. The van der Waals surface area contributed by atoms with E-state index in [9.17, 15) is 13.6 Å². The summed E-state index contributed by atoms with van der Waals surface area (Å²) in [5.74, 6) is -2.16. The largest absolute Gasteiger partial charge is 0.491 e. The average Bonchev–Trinajstić information content (AvgIpc) is 2.65. The molecule has 0 aliphatic rings. The van der Waals surface area contributed by atoms with Crippen molar-refractivity contribution in [3.63, 3.8) is 0 Å². The summed E-state index contributed by atoms with van der Waals surface area (Å²) in [4.78, 5) is 12.0. The number of benzene rings is 1. The number of rotatable bonds is 2. The fourth-order valence-electron chi connectivity index (χ4n) is 2.07. The highest BCUT2D eigenvalue weighted by atomic mass is 19.1. The lowest BCUT2D eigenvalue weighted by Gasteiger charge is -2.11. The van der Waals surface area contributed by atoms with E-state index in [1.165, 1.54) is 13.2 Å². The van der Waals surface area contributed by atoms with Crippen LogP contribution in [0.25, 0.3) is 10.9 Å². The van der Waals surface area contributed by atoms with Gasteiger partial charge in [0.05, 0.1) is 18.7 Å². The van der Waals surface area contributed by atoms with E-state index in [-0.39, 0.29) is 17.0 Å². The number of nitrogens with zero attached hydrogens (tertiary/aromatic N) is 1. The average molecular weight is 283 g/mol. The fourth-order valence-corrected chi connectivity index (χ4v) is 2.07. The van der Waals surface area contributed by atoms with Gasteiger partial charge in [-0.3, -0.25) is 0 Å². The third-order valence-corrected chi connectivity index (χ3v) is 2.86. The summed E-state index contributed by atoms with van der Waals surface area (Å²) in [6.07, 6.45) is -0.997. The second-order valence-electron chi connectivity index (χ2n) is 4.69. The summed E-state index contributed by atoms with van der Waals surface area (Å²) in [6, 6.07) is 2.51. The molecule has 0 saturated carbocycles. The molecule has 6 heteroatoms. The van der Waals surface area contributed by atoms with Crippen LogP contribution in [0, 0.1) is 18.6 Å². The summed E-state index contributed by atoms with van der Waals surface area (Å²) in [7, 11) is 1.18. The number of aryl methyl sites for hydroxylation is 1. The van der Waals surface area contributed by atoms with E-state index in [1.54, 1.807) is 20.8 Å². The highest BCUT2D eigenvalue weighted by Crippen LogP contribution is 2.31. The van der Waals surface area contributed by atoms with Crippen molar-refractivity contribution in [3.05, 3.63) is 29.5 Å². The molecule has 108 valence electrons. The predicted octanol–water partition coefficient (Wildman–Crippen LogP) is 3.63. The first-order valence-electron chi connectivity index (χ1n) is 6.11. The van der Waals surface area contributed by atoms with Crippen molar-refractivity contribution in [1.29, 1.82) is 0 Å². The van der Waals surface area contributed by atoms with Crippen molar-refractivity contribution in [2.75, 3.05) is 7.11 Å². The lowest BCUT2D eigenvalue weighted by molar-refractivity contribution is 0.117. The number of aromatic nitrogens is 1. The molecule has 0 aliphatic heterocycles. The van der Waals surface area contributed by atoms with Crippen LogP contribution in [-0.4, -0.2) is 23.9 Å². The number of fused-ring (bicyclic) bond motifs is 1. The molecule has 0 fully saturated rings. The molecule has 0 saturated heterocycles. The minimum Gasteiger partial charge on any atom is -0.491 e. The van der Waals surface area contributed by atoms with Crippen LogP contribution in [0.2, 0.25) is 0 Å². The molecule has 0 aliphatic carbocycles. The van der Waals surface area contributed by atoms with Crippen LogP contribution < -0.4 is 4.74 Å². The van der Waals surface area contributed by atoms with Gasteiger partial charge in [0.1, 0.15) is 0 Å². The topological polar surface area (TPSA) is 40.5 Å². The highest BCUT2D eigenvalue weighted by molar-refractivity contribution is 5.92. The van der Waals surface area contributed by atoms with E-state index < -0.39 is 23.5 Å². The van der Waals surface area contributed by atoms with Gasteiger partial charge in [0.15, 0.2) is 17.4 Å². The van der Waals surface area contributed by atoms with Crippen LogP contribution in [0.4, 0.5) is 13.6 Å². The first kappa shape index (κ1) is 14.3. The van der Waals surface area contributed by atoms with Crippen LogP contribution in [0.15, 0.2) is 12.1 Å². The van der Waals surface area contributed by atoms with Crippen molar-refractivity contribution in [2.45, 2.75) is 26.9 Å². The number of hydrogen-bond acceptors (Lipinski definition) is 3. The summed E-state index contributed by atoms with van der Waals surface area (Å²) in [6.45, 7) is 5.01. The Morgan fingerprint density at radius 1 is 1.30 bits per heavy atom. The van der Waals surface area contributed by atoms with Gasteiger partial charge >= 0.3 is 6.09 Å². The number of carbonyl (C=O) groups excluding carboxylic acids is 1. The van der Waals surface area contributed by atoms with E-state index in [1.807, 2.05) is 0 Å². The number of hydrogen-bond donors (Lipinski definition) is 0. The molecule has 2 rings (SSSR count). The van der Waals surface area contributed by atoms with E-state index >= 15 is 0 Å². The van der Waals surface area contributed by atoms with Crippen LogP contribution in [0.5, 0.6) is 5.75 Å². The molecular weight excluding hydrogens is 268 g/mol. The monoisotopic (exact) mass is 283 g/mol. The molecule has 20 heavy (non-hydrogen) atoms. The molecule has 0 amide bonds. The maximum Gasteiger partial charge on any atom is 0.418 e. The van der Waals surface area contributed by atoms with Gasteiger partial charge < -0.3 is 9.47 Å². The van der Waals surface area contributed by atoms with Gasteiger partial charge in [-0.2, -0.15) is 0 Å². The van der Waals surface area contributed by atoms with Gasteiger partial charge in [-0.25, -0.2) is 18.1 Å². The Balaban J connectivity index is 2.69. The molecule has 1 aromatic carbocycles. The van der Waals surface area contributed by atoms with Crippen LogP contribution in [0.1, 0.15) is 19.5 Å². The molecule has 0 spiro atoms. The molecule has 1 aromatic heterocycles. The predicted molar refractivity (Wildman–Crippen MR) is 70.2 cm³/mol. The van der Waals surface area contributed by atoms with E-state index in [4.69, 9.17) is 4.74 Å². The molecular formula is C14H15F2NO3. The Bertz CT molecular complexity index is 677. The number of carbonyl (C=O) groups is 1. The van der Waals surface area contributed by atoms with E-state index in [2.05, 4.69) is 4.74 Å². The lowest BCUT2D eigenvalue weighted by atomic mass is 10.2. The number of methoxy groups -OCH3 is 1. The molecule has 0 N–H and O–H groups in total. The van der Waals surface area contributed by atoms with Crippen LogP contribution >= 0.6 is 0 Å². The molecule has 0 unspecified atom stereocenters. The third kappa shape index (κ3) is 2.21. The number of halogens is 2. The standard InChI is InChI=1S/C14H15F2NO3/c1-7(2)20-14(18)17-8(3)5-9-11(17)6-10(15)13(19-4)12(9)16/h5-7H,1-4H3. The summed E-state index contributed by atoms with van der Waals surface area (Å²) >= 11 is 0. The lowest BCUT2D eigenvalue weighted by Crippen LogP contribution is -2.18. The quantitative estimate of drug-likeness (QED) is 0.845. The SMILES string of the molecule is COc1c(F)cc2c(cc(C)n2C(=O)OC(C)C)c1F. The Hall–Kier alpha value is -2.11. The molecule has 0 bridgehead atoms. The molecule has 0 radical (unpaired) electrons. The minimum absolute atomic E-state index is 0.112. The van der Waals surface area contributed by atoms with Gasteiger partial charge in [0.25, 0.3) is 0 Å². The maximum absolute atomic E-state index is 14.1. The molecule has 0 atom stereocenters. The summed E-state index contributed by atoms with van der Waals surface area (Å²) in [5.41, 5.74) is 0.571. The molecule has 4 nitrogen and oxygen atoms in total. The van der Waals surface area contributed by atoms with E-state index in [0.29, 0.717) is 5.69 Å². The van der Waals surface area contributed by atoms with Crippen LogP contribution in [0.3, 0.4) is 0 Å². The normalized spacial score (nSPS) is 11.2. The first-order valence-corrected chi connectivity index (χ1v) is 6.11. The summed E-state index contributed by atoms with van der Waals surface area (Å²) in [5, 5.41) is 0.112. The van der Waals surface area contributed by atoms with Crippen molar-refractivity contribution in [1.82, 2.24) is 4.57 Å². The second kappa shape index (κ2) is 5.11. The molecule has 1 heterocycles. The van der Waals surface area contributed by atoms with Crippen molar-refractivity contribution in [2.24, 2.45) is 0 Å². The highest BCUT2D eigenvalue weighted by Gasteiger charge is 2.22. The zero-order chi connectivity index (χ0) is 15.0. The van der Waals surface area contributed by atoms with Gasteiger partial charge in [-0.05, 0) is 26.8 Å². The third-order valence-electron chi connectivity index (χ3n) is 2.86. The Morgan fingerprint density at radius 3 is 2.50 bits per heavy atom. The van der Waals surface area contributed by atoms with Crippen LogP contribution in [-0.2, 0) is 4.74 Å². The van der Waals surface area contributed by atoms with Gasteiger partial charge in [-0.1, -0.05) is 0 Å². The fraction of sp³-hybridized carbons (Fsp3) is 0.357. The second-order valence-corrected chi connectivity index (χ2v) is 4.69. The molecule has 2 aromatic rings. The zero-order valence-electron chi connectivity index (χ0n) is 11.7. The van der Waals surface area contributed by atoms with Gasteiger partial charge in [-0.15, -0.1) is 0 Å². The first-order chi connectivity index (χ1) is 9.36.